The largest absolute Gasteiger partial charge is 0.344 e. The van der Waals surface area contributed by atoms with Gasteiger partial charge in [0.15, 0.2) is 0 Å². The highest BCUT2D eigenvalue weighted by atomic mass is 19.3. The van der Waals surface area contributed by atoms with Gasteiger partial charge in [-0.3, -0.25) is 14.5 Å². The molecule has 146 valence electrons. The molecule has 8 heteroatoms. The SMILES string of the molecule is CC(F)(F)c1cc(-c2cc3n(n2)CC[C@H]3NC(=O)c2cccc(C#N)c2)ccn1. The van der Waals surface area contributed by atoms with Gasteiger partial charge in [-0.15, -0.1) is 0 Å². The van der Waals surface area contributed by atoms with Crippen LogP contribution >= 0.6 is 0 Å². The Bertz CT molecular complexity index is 1130. The molecule has 1 aromatic carbocycles. The number of halogens is 2. The summed E-state index contributed by atoms with van der Waals surface area (Å²) in [6, 6.07) is 13.0. The summed E-state index contributed by atoms with van der Waals surface area (Å²) < 4.78 is 28.9. The third kappa shape index (κ3) is 3.72. The minimum absolute atomic E-state index is 0.247. The number of alkyl halides is 2. The highest BCUT2D eigenvalue weighted by Gasteiger charge is 2.29. The number of rotatable bonds is 4. The van der Waals surface area contributed by atoms with Crippen LogP contribution in [0.15, 0.2) is 48.7 Å². The normalized spacial score (nSPS) is 15.6. The maximum atomic E-state index is 13.6. The van der Waals surface area contributed by atoms with E-state index in [4.69, 9.17) is 5.26 Å². The fraction of sp³-hybridized carbons (Fsp3) is 0.238. The Balaban J connectivity index is 1.57. The molecule has 3 heterocycles. The number of aromatic nitrogens is 3. The van der Waals surface area contributed by atoms with Crippen molar-refractivity contribution in [3.05, 3.63) is 71.2 Å². The van der Waals surface area contributed by atoms with Gasteiger partial charge in [0.25, 0.3) is 11.8 Å². The summed E-state index contributed by atoms with van der Waals surface area (Å²) in [5, 5.41) is 16.4. The second kappa shape index (κ2) is 7.09. The first-order valence-electron chi connectivity index (χ1n) is 9.08. The van der Waals surface area contributed by atoms with E-state index in [-0.39, 0.29) is 17.6 Å². The smallest absolute Gasteiger partial charge is 0.286 e. The molecule has 1 aliphatic rings. The van der Waals surface area contributed by atoms with Crippen LogP contribution in [0.3, 0.4) is 0 Å². The van der Waals surface area contributed by atoms with E-state index in [9.17, 15) is 13.6 Å². The van der Waals surface area contributed by atoms with Crippen LogP contribution in [0.1, 0.15) is 46.7 Å². The monoisotopic (exact) mass is 393 g/mol. The molecule has 29 heavy (non-hydrogen) atoms. The summed E-state index contributed by atoms with van der Waals surface area (Å²) in [7, 11) is 0. The third-order valence-electron chi connectivity index (χ3n) is 4.86. The fourth-order valence-corrected chi connectivity index (χ4v) is 3.38. The number of nitrogens with zero attached hydrogens (tertiary/aromatic N) is 4. The van der Waals surface area contributed by atoms with Gasteiger partial charge < -0.3 is 5.32 Å². The highest BCUT2D eigenvalue weighted by molar-refractivity contribution is 5.94. The van der Waals surface area contributed by atoms with Crippen LogP contribution in [0.5, 0.6) is 0 Å². The predicted molar refractivity (Wildman–Crippen MR) is 101 cm³/mol. The van der Waals surface area contributed by atoms with Gasteiger partial charge in [-0.2, -0.15) is 19.1 Å². The van der Waals surface area contributed by atoms with Crippen LogP contribution < -0.4 is 5.32 Å². The summed E-state index contributed by atoms with van der Waals surface area (Å²) in [5.41, 5.74) is 2.42. The van der Waals surface area contributed by atoms with Crippen LogP contribution in [0, 0.1) is 11.3 Å². The molecule has 0 saturated carbocycles. The van der Waals surface area contributed by atoms with Crippen LogP contribution in [-0.2, 0) is 12.5 Å². The van der Waals surface area contributed by atoms with Crippen molar-refractivity contribution in [2.75, 3.05) is 0 Å². The number of aryl methyl sites for hydroxylation is 1. The average Bonchev–Trinajstić information content (AvgIpc) is 3.29. The topological polar surface area (TPSA) is 83.6 Å². The van der Waals surface area contributed by atoms with Gasteiger partial charge in [0.2, 0.25) is 0 Å². The summed E-state index contributed by atoms with van der Waals surface area (Å²) >= 11 is 0. The van der Waals surface area contributed by atoms with Crippen molar-refractivity contribution in [2.24, 2.45) is 0 Å². The van der Waals surface area contributed by atoms with E-state index in [2.05, 4.69) is 15.4 Å². The molecule has 0 fully saturated rings. The van der Waals surface area contributed by atoms with E-state index in [0.717, 1.165) is 12.6 Å². The van der Waals surface area contributed by atoms with Crippen LogP contribution in [0.2, 0.25) is 0 Å². The summed E-state index contributed by atoms with van der Waals surface area (Å²) in [6.45, 7) is 1.42. The number of carbonyl (C=O) groups excluding carboxylic acids is 1. The average molecular weight is 393 g/mol. The van der Waals surface area contributed by atoms with Crippen molar-refractivity contribution < 1.29 is 13.6 Å². The number of pyridine rings is 1. The van der Waals surface area contributed by atoms with Gasteiger partial charge in [-0.05, 0) is 42.8 Å². The third-order valence-corrected chi connectivity index (χ3v) is 4.86. The Morgan fingerprint density at radius 1 is 1.31 bits per heavy atom. The molecule has 0 radical (unpaired) electrons. The molecule has 0 bridgehead atoms. The lowest BCUT2D eigenvalue weighted by Gasteiger charge is -2.12. The molecular weight excluding hydrogens is 376 g/mol. The zero-order valence-corrected chi connectivity index (χ0v) is 15.6. The Labute approximate surface area is 165 Å². The Morgan fingerprint density at radius 3 is 2.90 bits per heavy atom. The molecule has 1 atom stereocenters. The number of nitrogens with one attached hydrogen (secondary N) is 1. The molecule has 2 aromatic heterocycles. The summed E-state index contributed by atoms with van der Waals surface area (Å²) in [6.07, 6.45) is 2.02. The van der Waals surface area contributed by atoms with Crippen molar-refractivity contribution in [3.8, 4) is 17.3 Å². The molecular formula is C21H17F2N5O. The number of fused-ring (bicyclic) bond motifs is 1. The van der Waals surface area contributed by atoms with Crippen molar-refractivity contribution in [1.82, 2.24) is 20.1 Å². The van der Waals surface area contributed by atoms with E-state index >= 15 is 0 Å². The molecule has 0 unspecified atom stereocenters. The quantitative estimate of drug-likeness (QED) is 0.731. The van der Waals surface area contributed by atoms with Crippen LogP contribution in [0.25, 0.3) is 11.3 Å². The summed E-state index contributed by atoms with van der Waals surface area (Å²) in [5.74, 6) is -3.31. The Hall–Kier alpha value is -3.60. The highest BCUT2D eigenvalue weighted by Crippen LogP contribution is 2.32. The number of carbonyl (C=O) groups is 1. The number of hydrogen-bond acceptors (Lipinski definition) is 4. The maximum absolute atomic E-state index is 13.6. The van der Waals surface area contributed by atoms with Crippen LogP contribution in [-0.4, -0.2) is 20.7 Å². The minimum Gasteiger partial charge on any atom is -0.344 e. The van der Waals surface area contributed by atoms with E-state index in [0.29, 0.717) is 35.3 Å². The number of nitriles is 1. The number of hydrogen-bond donors (Lipinski definition) is 1. The first-order valence-corrected chi connectivity index (χ1v) is 9.08. The molecule has 0 aliphatic carbocycles. The van der Waals surface area contributed by atoms with E-state index in [1.165, 1.54) is 18.3 Å². The first-order chi connectivity index (χ1) is 13.8. The first kappa shape index (κ1) is 18.7. The lowest BCUT2D eigenvalue weighted by Crippen LogP contribution is -2.27. The van der Waals surface area contributed by atoms with Gasteiger partial charge in [0, 0.05) is 30.8 Å². The van der Waals surface area contributed by atoms with Crippen molar-refractivity contribution >= 4 is 5.91 Å². The molecule has 3 aromatic rings. The molecule has 6 nitrogen and oxygen atoms in total. The van der Waals surface area contributed by atoms with Gasteiger partial charge in [-0.25, -0.2) is 0 Å². The van der Waals surface area contributed by atoms with Gasteiger partial charge in [0.1, 0.15) is 5.69 Å². The molecule has 0 spiro atoms. The van der Waals surface area contributed by atoms with Crippen molar-refractivity contribution in [2.45, 2.75) is 31.9 Å². The zero-order valence-electron chi connectivity index (χ0n) is 15.6. The number of amides is 1. The van der Waals surface area contributed by atoms with Crippen molar-refractivity contribution in [3.63, 3.8) is 0 Å². The maximum Gasteiger partial charge on any atom is 0.286 e. The standard InChI is InChI=1S/C21H17F2N5O/c1-21(22,23)19-10-14(5-7-25-19)17-11-18-16(6-8-28(18)27-17)26-20(29)15-4-2-3-13(9-15)12-24/h2-5,7,9-11,16H,6,8H2,1H3,(H,26,29)/t16-/m1/s1. The van der Waals surface area contributed by atoms with E-state index < -0.39 is 5.92 Å². The Kier molecular flexibility index (Phi) is 4.59. The lowest BCUT2D eigenvalue weighted by atomic mass is 10.1. The fourth-order valence-electron chi connectivity index (χ4n) is 3.38. The molecule has 0 saturated heterocycles. The van der Waals surface area contributed by atoms with Gasteiger partial charge >= 0.3 is 0 Å². The van der Waals surface area contributed by atoms with E-state index in [1.807, 2.05) is 6.07 Å². The molecule has 1 amide bonds. The zero-order chi connectivity index (χ0) is 20.6. The second-order valence-electron chi connectivity index (χ2n) is 7.00. The van der Waals surface area contributed by atoms with Crippen molar-refractivity contribution in [1.29, 1.82) is 5.26 Å². The lowest BCUT2D eigenvalue weighted by molar-refractivity contribution is 0.0128. The van der Waals surface area contributed by atoms with Gasteiger partial charge in [0.05, 0.1) is 29.1 Å². The van der Waals surface area contributed by atoms with Crippen LogP contribution in [0.4, 0.5) is 8.78 Å². The molecule has 1 N–H and O–H groups in total. The van der Waals surface area contributed by atoms with Gasteiger partial charge in [-0.1, -0.05) is 6.07 Å². The summed E-state index contributed by atoms with van der Waals surface area (Å²) in [4.78, 5) is 16.3. The number of benzene rings is 1. The van der Waals surface area contributed by atoms with E-state index in [1.54, 1.807) is 35.0 Å². The molecule has 4 rings (SSSR count). The molecule has 1 aliphatic heterocycles. The predicted octanol–water partition coefficient (Wildman–Crippen LogP) is 3.80. The second-order valence-corrected chi connectivity index (χ2v) is 7.00. The minimum atomic E-state index is -3.03. The Morgan fingerprint density at radius 2 is 2.14 bits per heavy atom.